The lowest BCUT2D eigenvalue weighted by atomic mass is 9.93. The highest BCUT2D eigenvalue weighted by atomic mass is 19.4. The first-order valence-corrected chi connectivity index (χ1v) is 12.3. The maximum Gasteiger partial charge on any atom is 0.573 e. The number of anilines is 1. The van der Waals surface area contributed by atoms with Gasteiger partial charge < -0.3 is 9.64 Å². The van der Waals surface area contributed by atoms with Gasteiger partial charge in [0.05, 0.1) is 12.1 Å². The molecule has 1 saturated heterocycles. The van der Waals surface area contributed by atoms with Gasteiger partial charge in [0.15, 0.2) is 0 Å². The first-order chi connectivity index (χ1) is 18.8. The van der Waals surface area contributed by atoms with Crippen LogP contribution < -0.4 is 15.0 Å². The second-order valence-electron chi connectivity index (χ2n) is 10.3. The minimum absolute atomic E-state index is 0.0653. The van der Waals surface area contributed by atoms with Crippen LogP contribution in [0.15, 0.2) is 66.9 Å². The van der Waals surface area contributed by atoms with E-state index >= 15 is 0 Å². The van der Waals surface area contributed by atoms with E-state index in [4.69, 9.17) is 0 Å². The van der Waals surface area contributed by atoms with Crippen molar-refractivity contribution in [2.75, 3.05) is 4.90 Å². The zero-order valence-corrected chi connectivity index (χ0v) is 21.9. The van der Waals surface area contributed by atoms with Gasteiger partial charge in [0, 0.05) is 29.9 Å². The van der Waals surface area contributed by atoms with E-state index in [0.29, 0.717) is 11.1 Å². The summed E-state index contributed by atoms with van der Waals surface area (Å²) in [7, 11) is 0. The first kappa shape index (κ1) is 30.2. The standard InChI is InChI=1S/C28H25F8N3O2/c1-25(2,18-7-12-23(37-15-18)27(31,32)33)38-21-14-22(16-5-4-6-17(13-16)26(3,29)30)39(24(21)40)19-8-10-20(11-9-19)41-28(34,35)36/h4-13,15,21-22,38H,14H2,1-3H3/t21-,22-/m0/s1. The Morgan fingerprint density at radius 1 is 0.878 bits per heavy atom. The Bertz CT molecular complexity index is 1380. The molecule has 1 aliphatic rings. The third-order valence-electron chi connectivity index (χ3n) is 6.74. The van der Waals surface area contributed by atoms with Gasteiger partial charge in [0.25, 0.3) is 5.92 Å². The van der Waals surface area contributed by atoms with Crippen molar-refractivity contribution >= 4 is 11.6 Å². The Labute approximate surface area is 230 Å². The Morgan fingerprint density at radius 2 is 1.54 bits per heavy atom. The molecule has 220 valence electrons. The molecule has 13 heteroatoms. The fourth-order valence-corrected chi connectivity index (χ4v) is 4.74. The fraction of sp³-hybridized carbons (Fsp3) is 0.357. The van der Waals surface area contributed by atoms with Gasteiger partial charge >= 0.3 is 12.5 Å². The van der Waals surface area contributed by atoms with Gasteiger partial charge in [-0.25, -0.2) is 8.78 Å². The number of amides is 1. The molecule has 1 aliphatic heterocycles. The van der Waals surface area contributed by atoms with Crippen molar-refractivity contribution in [1.82, 2.24) is 10.3 Å². The molecule has 1 N–H and O–H groups in total. The summed E-state index contributed by atoms with van der Waals surface area (Å²) in [6.45, 7) is 4.02. The molecule has 0 saturated carbocycles. The molecule has 2 aromatic carbocycles. The van der Waals surface area contributed by atoms with Crippen molar-refractivity contribution in [3.05, 3.63) is 89.2 Å². The molecule has 0 bridgehead atoms. The van der Waals surface area contributed by atoms with Gasteiger partial charge in [-0.05, 0) is 67.8 Å². The topological polar surface area (TPSA) is 54.5 Å². The molecule has 41 heavy (non-hydrogen) atoms. The smallest absolute Gasteiger partial charge is 0.406 e. The summed E-state index contributed by atoms with van der Waals surface area (Å²) in [5.41, 5.74) is -1.50. The summed E-state index contributed by atoms with van der Waals surface area (Å²) < 4.78 is 109. The zero-order valence-electron chi connectivity index (χ0n) is 21.9. The van der Waals surface area contributed by atoms with Crippen LogP contribution in [0.5, 0.6) is 5.75 Å². The van der Waals surface area contributed by atoms with Crippen molar-refractivity contribution in [2.24, 2.45) is 0 Å². The fourth-order valence-electron chi connectivity index (χ4n) is 4.74. The summed E-state index contributed by atoms with van der Waals surface area (Å²) in [6.07, 6.45) is -8.44. The van der Waals surface area contributed by atoms with Crippen LogP contribution in [0.1, 0.15) is 55.6 Å². The van der Waals surface area contributed by atoms with Gasteiger partial charge in [-0.3, -0.25) is 15.1 Å². The van der Waals surface area contributed by atoms with Gasteiger partial charge in [-0.2, -0.15) is 13.2 Å². The van der Waals surface area contributed by atoms with Gasteiger partial charge in [-0.1, -0.05) is 24.3 Å². The number of ether oxygens (including phenoxy) is 1. The molecule has 2 atom stereocenters. The second-order valence-corrected chi connectivity index (χ2v) is 10.3. The van der Waals surface area contributed by atoms with Crippen molar-refractivity contribution in [1.29, 1.82) is 0 Å². The number of hydrogen-bond acceptors (Lipinski definition) is 4. The van der Waals surface area contributed by atoms with E-state index < -0.39 is 53.4 Å². The Morgan fingerprint density at radius 3 is 2.07 bits per heavy atom. The predicted molar refractivity (Wildman–Crippen MR) is 133 cm³/mol. The minimum Gasteiger partial charge on any atom is -0.406 e. The number of nitrogens with one attached hydrogen (secondary N) is 1. The summed E-state index contributed by atoms with van der Waals surface area (Å²) in [5, 5.41) is 3.13. The monoisotopic (exact) mass is 587 g/mol. The molecule has 1 aromatic heterocycles. The highest BCUT2D eigenvalue weighted by molar-refractivity contribution is 6.00. The number of hydrogen-bond donors (Lipinski definition) is 1. The highest BCUT2D eigenvalue weighted by Gasteiger charge is 2.44. The van der Waals surface area contributed by atoms with E-state index in [9.17, 15) is 39.9 Å². The van der Waals surface area contributed by atoms with Crippen molar-refractivity contribution in [2.45, 2.75) is 63.3 Å². The van der Waals surface area contributed by atoms with Crippen LogP contribution in [0.3, 0.4) is 0 Å². The lowest BCUT2D eigenvalue weighted by Gasteiger charge is -2.30. The van der Waals surface area contributed by atoms with Crippen LogP contribution >= 0.6 is 0 Å². The Hall–Kier alpha value is -3.74. The molecule has 5 nitrogen and oxygen atoms in total. The summed E-state index contributed by atoms with van der Waals surface area (Å²) in [6, 6.07) is 10.4. The van der Waals surface area contributed by atoms with Gasteiger partial charge in [-0.15, -0.1) is 13.2 Å². The van der Waals surface area contributed by atoms with Crippen LogP contribution in [-0.4, -0.2) is 23.3 Å². The molecule has 0 spiro atoms. The SMILES string of the molecule is CC(F)(F)c1cccc([C@@H]2C[C@H](NC(C)(C)c3ccc(C(F)(F)F)nc3)C(=O)N2c2ccc(OC(F)(F)F)cc2)c1. The third kappa shape index (κ3) is 6.95. The number of pyridine rings is 1. The maximum atomic E-state index is 14.1. The summed E-state index contributed by atoms with van der Waals surface area (Å²) in [5.74, 6) is -4.20. The second kappa shape index (κ2) is 10.6. The number of aromatic nitrogens is 1. The normalized spacial score (nSPS) is 18.6. The molecule has 0 unspecified atom stereocenters. The molecule has 4 rings (SSSR count). The quantitative estimate of drug-likeness (QED) is 0.291. The lowest BCUT2D eigenvalue weighted by molar-refractivity contribution is -0.274. The average Bonchev–Trinajstić information content (AvgIpc) is 3.18. The van der Waals surface area contributed by atoms with Crippen LogP contribution in [0.2, 0.25) is 0 Å². The molecule has 3 aromatic rings. The van der Waals surface area contributed by atoms with Crippen LogP contribution in [0.25, 0.3) is 0 Å². The first-order valence-electron chi connectivity index (χ1n) is 12.3. The largest absolute Gasteiger partial charge is 0.573 e. The highest BCUT2D eigenvalue weighted by Crippen LogP contribution is 2.41. The van der Waals surface area contributed by atoms with E-state index in [0.717, 1.165) is 31.3 Å². The zero-order chi connectivity index (χ0) is 30.4. The number of benzene rings is 2. The predicted octanol–water partition coefficient (Wildman–Crippen LogP) is 7.48. The number of carbonyl (C=O) groups is 1. The van der Waals surface area contributed by atoms with E-state index in [1.807, 2.05) is 0 Å². The van der Waals surface area contributed by atoms with Crippen LogP contribution in [0, 0.1) is 0 Å². The molecular formula is C28H25F8N3O2. The number of carbonyl (C=O) groups excluding carboxylic acids is 1. The van der Waals surface area contributed by atoms with E-state index in [1.54, 1.807) is 19.9 Å². The maximum absolute atomic E-state index is 14.1. The van der Waals surface area contributed by atoms with Crippen molar-refractivity contribution in [3.8, 4) is 5.75 Å². The number of halogens is 8. The average molecular weight is 588 g/mol. The molecule has 0 radical (unpaired) electrons. The van der Waals surface area contributed by atoms with Crippen LogP contribution in [0.4, 0.5) is 40.8 Å². The minimum atomic E-state index is -4.92. The van der Waals surface area contributed by atoms with Crippen molar-refractivity contribution < 1.29 is 44.7 Å². The van der Waals surface area contributed by atoms with Gasteiger partial charge in [0.1, 0.15) is 11.4 Å². The van der Waals surface area contributed by atoms with Crippen molar-refractivity contribution in [3.63, 3.8) is 0 Å². The number of nitrogens with zero attached hydrogens (tertiary/aromatic N) is 2. The Balaban J connectivity index is 1.68. The Kier molecular flexibility index (Phi) is 7.80. The van der Waals surface area contributed by atoms with E-state index in [-0.39, 0.29) is 17.7 Å². The molecule has 1 fully saturated rings. The summed E-state index contributed by atoms with van der Waals surface area (Å²) in [4.78, 5) is 18.5. The van der Waals surface area contributed by atoms with Gasteiger partial charge in [0.2, 0.25) is 5.91 Å². The van der Waals surface area contributed by atoms with Crippen LogP contribution in [-0.2, 0) is 22.4 Å². The van der Waals surface area contributed by atoms with E-state index in [2.05, 4.69) is 15.0 Å². The molecule has 0 aliphatic carbocycles. The molecule has 2 heterocycles. The lowest BCUT2D eigenvalue weighted by Crippen LogP contribution is -2.47. The third-order valence-corrected chi connectivity index (χ3v) is 6.74. The molecular weight excluding hydrogens is 562 g/mol. The summed E-state index contributed by atoms with van der Waals surface area (Å²) >= 11 is 0. The number of rotatable bonds is 7. The van der Waals surface area contributed by atoms with E-state index in [1.165, 1.54) is 41.3 Å². The number of alkyl halides is 8. The molecule has 1 amide bonds.